The summed E-state index contributed by atoms with van der Waals surface area (Å²) in [6.07, 6.45) is 0. The topological polar surface area (TPSA) is 197 Å². The van der Waals surface area contributed by atoms with E-state index in [0.717, 1.165) is 0 Å². The summed E-state index contributed by atoms with van der Waals surface area (Å²) in [5, 5.41) is 0. The van der Waals surface area contributed by atoms with Crippen molar-refractivity contribution in [2.24, 2.45) is 0 Å². The predicted octanol–water partition coefficient (Wildman–Crippen LogP) is -0.125. The molecular weight excluding hydrogens is 333 g/mol. The summed E-state index contributed by atoms with van der Waals surface area (Å²) in [4.78, 5) is 50.0. The summed E-state index contributed by atoms with van der Waals surface area (Å²) in [5.41, 5.74) is 0. The Kier molecular flexibility index (Phi) is 9.18. The van der Waals surface area contributed by atoms with Crippen molar-refractivity contribution in [1.82, 2.24) is 0 Å². The Morgan fingerprint density at radius 2 is 1.26 bits per heavy atom. The molecule has 0 bridgehead atoms. The molecule has 15 heteroatoms. The number of hydrogen-bond acceptors (Lipinski definition) is 7. The second-order valence-electron chi connectivity index (χ2n) is 2.54. The van der Waals surface area contributed by atoms with E-state index in [2.05, 4.69) is 13.4 Å². The van der Waals surface area contributed by atoms with Crippen LogP contribution < -0.4 is 0 Å². The molecule has 0 spiro atoms. The highest BCUT2D eigenvalue weighted by molar-refractivity contribution is 7.66. The molecule has 0 atom stereocenters. The molecule has 0 amide bonds. The number of phosphoric acid groups is 3. The highest BCUT2D eigenvalue weighted by Crippen LogP contribution is 2.64. The molecule has 0 fully saturated rings. The van der Waals surface area contributed by atoms with Crippen LogP contribution in [0.2, 0.25) is 0 Å². The van der Waals surface area contributed by atoms with Gasteiger partial charge >= 0.3 is 29.4 Å². The smallest absolute Gasteiger partial charge is 0.466 e. The molecule has 116 valence electrons. The van der Waals surface area contributed by atoms with E-state index in [4.69, 9.17) is 24.5 Å². The Bertz CT molecular complexity index is 389. The van der Waals surface area contributed by atoms with E-state index in [1.165, 1.54) is 6.92 Å². The van der Waals surface area contributed by atoms with Gasteiger partial charge < -0.3 is 29.2 Å². The van der Waals surface area contributed by atoms with Crippen LogP contribution in [0.1, 0.15) is 13.8 Å². The molecule has 12 nitrogen and oxygen atoms in total. The van der Waals surface area contributed by atoms with Gasteiger partial charge in [0.1, 0.15) is 0 Å². The first kappa shape index (κ1) is 21.2. The standard InChI is InChI=1S/C4H8O2.H5O10P3/c1-3-6-4(2)5;1-11(2,3)9-13(7,8)10-12(4,5)6/h3H2,1-2H3;(H,7,8)(H2,1,2,3)(H2,4,5,6). The summed E-state index contributed by atoms with van der Waals surface area (Å²) in [5.74, 6) is -0.211. The number of rotatable bonds is 5. The van der Waals surface area contributed by atoms with Gasteiger partial charge in [-0.15, -0.1) is 0 Å². The molecule has 0 aliphatic rings. The van der Waals surface area contributed by atoms with Crippen LogP contribution in [-0.2, 0) is 31.8 Å². The van der Waals surface area contributed by atoms with E-state index in [0.29, 0.717) is 6.61 Å². The average molecular weight is 346 g/mol. The lowest BCUT2D eigenvalue weighted by Crippen LogP contribution is -1.95. The van der Waals surface area contributed by atoms with Crippen molar-refractivity contribution in [2.45, 2.75) is 13.8 Å². The van der Waals surface area contributed by atoms with Crippen molar-refractivity contribution < 1.29 is 56.3 Å². The van der Waals surface area contributed by atoms with Gasteiger partial charge in [-0.3, -0.25) is 4.79 Å². The average Bonchev–Trinajstić information content (AvgIpc) is 1.92. The van der Waals surface area contributed by atoms with Crippen LogP contribution in [0.4, 0.5) is 0 Å². The second kappa shape index (κ2) is 8.23. The number of esters is 1. The third-order valence-corrected chi connectivity index (χ3v) is 4.12. The van der Waals surface area contributed by atoms with E-state index < -0.39 is 23.5 Å². The first-order chi connectivity index (χ1) is 8.18. The van der Waals surface area contributed by atoms with Crippen LogP contribution in [0.5, 0.6) is 0 Å². The summed E-state index contributed by atoms with van der Waals surface area (Å²) >= 11 is 0. The Morgan fingerprint density at radius 1 is 0.947 bits per heavy atom. The largest absolute Gasteiger partial charge is 0.490 e. The van der Waals surface area contributed by atoms with Crippen LogP contribution in [0.25, 0.3) is 0 Å². The molecule has 19 heavy (non-hydrogen) atoms. The summed E-state index contributed by atoms with van der Waals surface area (Å²) in [6, 6.07) is 0. The molecule has 0 aliphatic heterocycles. The highest BCUT2D eigenvalue weighted by Gasteiger charge is 2.38. The molecule has 0 aromatic carbocycles. The van der Waals surface area contributed by atoms with Gasteiger partial charge in [0.05, 0.1) is 6.61 Å². The molecule has 0 saturated carbocycles. The molecule has 0 aliphatic carbocycles. The zero-order valence-corrected chi connectivity index (χ0v) is 12.3. The van der Waals surface area contributed by atoms with Crippen LogP contribution in [-0.4, -0.2) is 37.0 Å². The van der Waals surface area contributed by atoms with Crippen molar-refractivity contribution in [1.29, 1.82) is 0 Å². The fourth-order valence-electron chi connectivity index (χ4n) is 0.487. The molecule has 0 radical (unpaired) electrons. The lowest BCUT2D eigenvalue weighted by atomic mass is 10.8. The summed E-state index contributed by atoms with van der Waals surface area (Å²) in [6.45, 7) is 3.65. The molecule has 0 saturated heterocycles. The second-order valence-corrected chi connectivity index (χ2v) is 6.74. The Labute approximate surface area is 107 Å². The molecule has 5 N–H and O–H groups in total. The van der Waals surface area contributed by atoms with E-state index in [-0.39, 0.29) is 5.97 Å². The van der Waals surface area contributed by atoms with Crippen molar-refractivity contribution in [3.63, 3.8) is 0 Å². The van der Waals surface area contributed by atoms with Gasteiger partial charge in [0, 0.05) is 6.92 Å². The van der Waals surface area contributed by atoms with Gasteiger partial charge in [0.25, 0.3) is 0 Å². The normalized spacial score (nSPS) is 12.4. The quantitative estimate of drug-likeness (QED) is 0.327. The molecule has 0 heterocycles. The number of ether oxygens (including phenoxy) is 1. The summed E-state index contributed by atoms with van der Waals surface area (Å²) in [7, 11) is -16.2. The van der Waals surface area contributed by atoms with E-state index in [1.54, 1.807) is 6.92 Å². The van der Waals surface area contributed by atoms with Crippen molar-refractivity contribution in [2.75, 3.05) is 6.61 Å². The predicted molar refractivity (Wildman–Crippen MR) is 58.4 cm³/mol. The monoisotopic (exact) mass is 346 g/mol. The maximum atomic E-state index is 10.4. The fourth-order valence-corrected chi connectivity index (χ4v) is 3.03. The van der Waals surface area contributed by atoms with Crippen LogP contribution >= 0.6 is 23.5 Å². The first-order valence-corrected chi connectivity index (χ1v) is 8.74. The van der Waals surface area contributed by atoms with Crippen LogP contribution in [0, 0.1) is 0 Å². The fraction of sp³-hybridized carbons (Fsp3) is 0.750. The van der Waals surface area contributed by atoms with Crippen molar-refractivity contribution in [3.05, 3.63) is 0 Å². The van der Waals surface area contributed by atoms with Gasteiger partial charge in [-0.25, -0.2) is 13.7 Å². The first-order valence-electron chi connectivity index (χ1n) is 4.18. The lowest BCUT2D eigenvalue weighted by Gasteiger charge is -2.11. The number of carbonyl (C=O) groups excluding carboxylic acids is 1. The lowest BCUT2D eigenvalue weighted by molar-refractivity contribution is -0.140. The Balaban J connectivity index is 0. The SMILES string of the molecule is CCOC(C)=O.O=P(O)(O)OP(=O)(O)OP(=O)(O)O. The van der Waals surface area contributed by atoms with Crippen molar-refractivity contribution >= 4 is 29.4 Å². The maximum Gasteiger partial charge on any atom is 0.490 e. The molecular formula is C4H13O12P3. The molecule has 0 aromatic rings. The molecule has 0 unspecified atom stereocenters. The zero-order chi connectivity index (χ0) is 15.9. The highest BCUT2D eigenvalue weighted by atomic mass is 31.3. The Hall–Kier alpha value is -0.120. The van der Waals surface area contributed by atoms with Gasteiger partial charge in [-0.05, 0) is 6.92 Å². The van der Waals surface area contributed by atoms with Gasteiger partial charge in [-0.2, -0.15) is 8.62 Å². The van der Waals surface area contributed by atoms with E-state index in [1.807, 2.05) is 0 Å². The van der Waals surface area contributed by atoms with E-state index >= 15 is 0 Å². The third-order valence-electron chi connectivity index (χ3n) is 0.767. The van der Waals surface area contributed by atoms with E-state index in [9.17, 15) is 18.5 Å². The molecule has 0 rings (SSSR count). The molecule has 0 aromatic heterocycles. The minimum atomic E-state index is -5.46. The van der Waals surface area contributed by atoms with Gasteiger partial charge in [-0.1, -0.05) is 0 Å². The minimum Gasteiger partial charge on any atom is -0.466 e. The third kappa shape index (κ3) is 20.4. The van der Waals surface area contributed by atoms with Gasteiger partial charge in [0.15, 0.2) is 0 Å². The maximum absolute atomic E-state index is 10.4. The minimum absolute atomic E-state index is 0.211. The van der Waals surface area contributed by atoms with Crippen molar-refractivity contribution in [3.8, 4) is 0 Å². The number of carbonyl (C=O) groups is 1. The zero-order valence-electron chi connectivity index (χ0n) is 9.64. The Morgan fingerprint density at radius 3 is 1.37 bits per heavy atom. The van der Waals surface area contributed by atoms with Gasteiger partial charge in [0.2, 0.25) is 0 Å². The van der Waals surface area contributed by atoms with Crippen LogP contribution in [0.15, 0.2) is 0 Å². The van der Waals surface area contributed by atoms with Crippen LogP contribution in [0.3, 0.4) is 0 Å². The number of hydrogen-bond donors (Lipinski definition) is 5. The summed E-state index contributed by atoms with van der Waals surface area (Å²) < 4.78 is 40.8.